The minimum atomic E-state index is 0.155. The van der Waals surface area contributed by atoms with E-state index >= 15 is 0 Å². The molecule has 0 bridgehead atoms. The number of nitrogens with zero attached hydrogens (tertiary/aromatic N) is 5. The van der Waals surface area contributed by atoms with E-state index in [1.807, 2.05) is 12.3 Å². The lowest BCUT2D eigenvalue weighted by atomic mass is 9.95. The lowest BCUT2D eigenvalue weighted by molar-refractivity contribution is -0.127. The van der Waals surface area contributed by atoms with Crippen molar-refractivity contribution < 1.29 is 9.53 Å². The van der Waals surface area contributed by atoms with E-state index < -0.39 is 0 Å². The Balaban J connectivity index is 1.26. The van der Waals surface area contributed by atoms with Gasteiger partial charge in [-0.2, -0.15) is 5.10 Å². The third-order valence-electron chi connectivity index (χ3n) is 8.41. The van der Waals surface area contributed by atoms with Crippen LogP contribution in [0.1, 0.15) is 69.0 Å². The Bertz CT molecular complexity index is 1460. The average molecular weight is 516 g/mol. The van der Waals surface area contributed by atoms with Crippen molar-refractivity contribution in [1.82, 2.24) is 34.8 Å². The fourth-order valence-corrected chi connectivity index (χ4v) is 6.27. The first-order chi connectivity index (χ1) is 18.4. The third kappa shape index (κ3) is 4.53. The van der Waals surface area contributed by atoms with Gasteiger partial charge in [0.1, 0.15) is 6.33 Å². The SMILES string of the molecule is COc1cc(-c2[nH]c3ccc(C4CCC(NC(=O)C5CCN(C)CC5)C4)nc3c2C(C)C)cn2ncnc12. The number of rotatable bonds is 6. The summed E-state index contributed by atoms with van der Waals surface area (Å²) in [5.74, 6) is 1.70. The van der Waals surface area contributed by atoms with Crippen molar-refractivity contribution in [2.24, 2.45) is 5.92 Å². The molecule has 0 aromatic carbocycles. The number of ether oxygens (including phenoxy) is 1. The lowest BCUT2D eigenvalue weighted by Crippen LogP contribution is -2.42. The van der Waals surface area contributed by atoms with Gasteiger partial charge in [0.25, 0.3) is 0 Å². The molecule has 200 valence electrons. The second-order valence-corrected chi connectivity index (χ2v) is 11.3. The van der Waals surface area contributed by atoms with Crippen LogP contribution in [-0.4, -0.2) is 68.7 Å². The molecule has 2 aliphatic rings. The molecular weight excluding hydrogens is 478 g/mol. The highest BCUT2D eigenvalue weighted by molar-refractivity contribution is 5.89. The van der Waals surface area contributed by atoms with E-state index in [1.54, 1.807) is 11.6 Å². The second kappa shape index (κ2) is 10.0. The van der Waals surface area contributed by atoms with Gasteiger partial charge in [0.05, 0.1) is 23.8 Å². The number of nitrogens with one attached hydrogen (secondary N) is 2. The van der Waals surface area contributed by atoms with Crippen molar-refractivity contribution in [1.29, 1.82) is 0 Å². The van der Waals surface area contributed by atoms with Crippen LogP contribution in [0.5, 0.6) is 5.75 Å². The number of aromatic nitrogens is 5. The van der Waals surface area contributed by atoms with Gasteiger partial charge in [0.15, 0.2) is 11.4 Å². The highest BCUT2D eigenvalue weighted by Gasteiger charge is 2.31. The highest BCUT2D eigenvalue weighted by Crippen LogP contribution is 2.39. The first-order valence-electron chi connectivity index (χ1n) is 13.8. The molecule has 5 heterocycles. The fraction of sp³-hybridized carbons (Fsp3) is 0.517. The number of piperidine rings is 1. The first kappa shape index (κ1) is 24.9. The molecule has 0 spiro atoms. The van der Waals surface area contributed by atoms with E-state index in [4.69, 9.17) is 9.72 Å². The van der Waals surface area contributed by atoms with Crippen LogP contribution >= 0.6 is 0 Å². The molecule has 1 aliphatic carbocycles. The largest absolute Gasteiger partial charge is 0.493 e. The van der Waals surface area contributed by atoms with Crippen LogP contribution in [-0.2, 0) is 4.79 Å². The molecule has 4 aromatic heterocycles. The number of carbonyl (C=O) groups is 1. The average Bonchev–Trinajstić information content (AvgIpc) is 3.66. The summed E-state index contributed by atoms with van der Waals surface area (Å²) in [6.07, 6.45) is 8.44. The van der Waals surface area contributed by atoms with Gasteiger partial charge in [-0.15, -0.1) is 0 Å². The summed E-state index contributed by atoms with van der Waals surface area (Å²) in [6, 6.07) is 6.55. The molecule has 2 unspecified atom stereocenters. The Kier molecular flexibility index (Phi) is 6.55. The van der Waals surface area contributed by atoms with E-state index in [-0.39, 0.29) is 23.8 Å². The Morgan fingerprint density at radius 2 is 2.00 bits per heavy atom. The number of pyridine rings is 2. The standard InChI is InChI=1S/C29H37N7O2/c1-17(2)25-26(20-14-24(38-4)28-30-16-31-36(28)15-20)34-23-8-7-22(33-27(23)25)19-5-6-21(13-19)32-29(37)18-9-11-35(3)12-10-18/h7-8,14-19,21,34H,5-6,9-13H2,1-4H3,(H,32,37). The molecule has 1 saturated heterocycles. The number of fused-ring (bicyclic) bond motifs is 2. The third-order valence-corrected chi connectivity index (χ3v) is 8.41. The molecule has 9 heteroatoms. The van der Waals surface area contributed by atoms with Crippen LogP contribution in [0.2, 0.25) is 0 Å². The number of hydrogen-bond acceptors (Lipinski definition) is 6. The van der Waals surface area contributed by atoms with E-state index in [0.29, 0.717) is 17.3 Å². The van der Waals surface area contributed by atoms with Crippen LogP contribution in [0.3, 0.4) is 0 Å². The minimum absolute atomic E-state index is 0.155. The summed E-state index contributed by atoms with van der Waals surface area (Å²) in [5, 5.41) is 7.69. The van der Waals surface area contributed by atoms with Crippen molar-refractivity contribution in [3.63, 3.8) is 0 Å². The smallest absolute Gasteiger partial charge is 0.223 e. The zero-order chi connectivity index (χ0) is 26.4. The van der Waals surface area contributed by atoms with E-state index in [9.17, 15) is 4.79 Å². The maximum absolute atomic E-state index is 12.9. The summed E-state index contributed by atoms with van der Waals surface area (Å²) >= 11 is 0. The van der Waals surface area contributed by atoms with Crippen molar-refractivity contribution >= 4 is 22.6 Å². The van der Waals surface area contributed by atoms with E-state index in [1.165, 1.54) is 11.9 Å². The fourth-order valence-electron chi connectivity index (χ4n) is 6.27. The molecular formula is C29H37N7O2. The number of carbonyl (C=O) groups excluding carboxylic acids is 1. The van der Waals surface area contributed by atoms with Crippen molar-refractivity contribution in [3.8, 4) is 17.0 Å². The summed E-state index contributed by atoms with van der Waals surface area (Å²) < 4.78 is 7.36. The minimum Gasteiger partial charge on any atom is -0.493 e. The van der Waals surface area contributed by atoms with Gasteiger partial charge < -0.3 is 19.9 Å². The van der Waals surface area contributed by atoms with Gasteiger partial charge in [0, 0.05) is 40.9 Å². The number of aromatic amines is 1. The number of amides is 1. The number of likely N-dealkylation sites (tertiary alicyclic amines) is 1. The lowest BCUT2D eigenvalue weighted by Gasteiger charge is -2.29. The van der Waals surface area contributed by atoms with Crippen LogP contribution in [0.25, 0.3) is 27.9 Å². The topological polar surface area (TPSA) is 100 Å². The van der Waals surface area contributed by atoms with Gasteiger partial charge in [-0.3, -0.25) is 9.78 Å². The van der Waals surface area contributed by atoms with Gasteiger partial charge in [-0.05, 0) is 76.4 Å². The Labute approximate surface area is 223 Å². The summed E-state index contributed by atoms with van der Waals surface area (Å²) in [7, 11) is 3.78. The van der Waals surface area contributed by atoms with E-state index in [2.05, 4.69) is 58.3 Å². The second-order valence-electron chi connectivity index (χ2n) is 11.3. The van der Waals surface area contributed by atoms with Crippen LogP contribution in [0, 0.1) is 5.92 Å². The van der Waals surface area contributed by atoms with Crippen LogP contribution in [0.4, 0.5) is 0 Å². The number of H-pyrrole nitrogens is 1. The predicted octanol–water partition coefficient (Wildman–Crippen LogP) is 4.50. The van der Waals surface area contributed by atoms with Gasteiger partial charge in [0.2, 0.25) is 5.91 Å². The van der Waals surface area contributed by atoms with Gasteiger partial charge in [-0.25, -0.2) is 9.50 Å². The Morgan fingerprint density at radius 3 is 2.76 bits per heavy atom. The monoisotopic (exact) mass is 515 g/mol. The number of methoxy groups -OCH3 is 1. The highest BCUT2D eigenvalue weighted by atomic mass is 16.5. The van der Waals surface area contributed by atoms with Crippen LogP contribution < -0.4 is 10.1 Å². The van der Waals surface area contributed by atoms with Crippen LogP contribution in [0.15, 0.2) is 30.7 Å². The molecule has 9 nitrogen and oxygen atoms in total. The van der Waals surface area contributed by atoms with Crippen molar-refractivity contribution in [3.05, 3.63) is 42.0 Å². The summed E-state index contributed by atoms with van der Waals surface area (Å²) in [5.41, 5.74) is 7.06. The summed E-state index contributed by atoms with van der Waals surface area (Å²) in [4.78, 5) is 28.3. The summed E-state index contributed by atoms with van der Waals surface area (Å²) in [6.45, 7) is 6.42. The molecule has 6 rings (SSSR count). The quantitative estimate of drug-likeness (QED) is 0.392. The zero-order valence-corrected chi connectivity index (χ0v) is 22.7. The molecule has 2 atom stereocenters. The molecule has 1 amide bonds. The molecule has 1 saturated carbocycles. The maximum atomic E-state index is 12.9. The van der Waals surface area contributed by atoms with Crippen molar-refractivity contribution in [2.45, 2.75) is 63.8 Å². The molecule has 4 aromatic rings. The molecule has 38 heavy (non-hydrogen) atoms. The molecule has 1 aliphatic heterocycles. The normalized spacial score (nSPS) is 21.1. The van der Waals surface area contributed by atoms with Crippen molar-refractivity contribution in [2.75, 3.05) is 27.2 Å². The molecule has 2 fully saturated rings. The van der Waals surface area contributed by atoms with E-state index in [0.717, 1.165) is 73.2 Å². The maximum Gasteiger partial charge on any atom is 0.223 e. The molecule has 0 radical (unpaired) electrons. The van der Waals surface area contributed by atoms with Gasteiger partial charge >= 0.3 is 0 Å². The zero-order valence-electron chi connectivity index (χ0n) is 22.7. The first-order valence-corrected chi connectivity index (χ1v) is 13.8. The van der Waals surface area contributed by atoms with Gasteiger partial charge in [-0.1, -0.05) is 13.8 Å². The number of hydrogen-bond donors (Lipinski definition) is 2. The Hall–Kier alpha value is -3.46. The molecule has 2 N–H and O–H groups in total. The Morgan fingerprint density at radius 1 is 1.18 bits per heavy atom. The predicted molar refractivity (Wildman–Crippen MR) is 147 cm³/mol.